The van der Waals surface area contributed by atoms with Gasteiger partial charge in [0, 0.05) is 30.3 Å². The molecule has 2 amide bonds. The highest BCUT2D eigenvalue weighted by molar-refractivity contribution is 6.04. The van der Waals surface area contributed by atoms with Gasteiger partial charge in [-0.2, -0.15) is 5.10 Å². The van der Waals surface area contributed by atoms with Crippen molar-refractivity contribution in [2.45, 2.75) is 39.7 Å². The fourth-order valence-electron chi connectivity index (χ4n) is 2.10. The molecule has 6 nitrogen and oxygen atoms in total. The molecule has 2 aromatic rings. The Labute approximate surface area is 135 Å². The highest BCUT2D eigenvalue weighted by atomic mass is 16.2. The minimum Gasteiger partial charge on any atom is -0.326 e. The maximum absolute atomic E-state index is 12.4. The molecule has 0 saturated heterocycles. The lowest BCUT2D eigenvalue weighted by Gasteiger charge is -2.10. The molecule has 0 unspecified atom stereocenters. The van der Waals surface area contributed by atoms with Crippen LogP contribution in [0.15, 0.2) is 36.5 Å². The molecule has 1 heterocycles. The third kappa shape index (κ3) is 4.67. The fraction of sp³-hybridized carbons (Fsp3) is 0.353. The summed E-state index contributed by atoms with van der Waals surface area (Å²) in [4.78, 5) is 23.8. The van der Waals surface area contributed by atoms with Crippen LogP contribution in [0.5, 0.6) is 0 Å². The summed E-state index contributed by atoms with van der Waals surface area (Å²) in [7, 11) is 0. The smallest absolute Gasteiger partial charge is 0.256 e. The Hall–Kier alpha value is -2.63. The van der Waals surface area contributed by atoms with Gasteiger partial charge in [0.15, 0.2) is 0 Å². The number of hydrogen-bond acceptors (Lipinski definition) is 3. The Balaban J connectivity index is 2.07. The summed E-state index contributed by atoms with van der Waals surface area (Å²) >= 11 is 0. The first-order valence-electron chi connectivity index (χ1n) is 7.87. The van der Waals surface area contributed by atoms with E-state index in [1.54, 1.807) is 48.1 Å². The third-order valence-electron chi connectivity index (χ3n) is 3.41. The number of rotatable bonds is 7. The van der Waals surface area contributed by atoms with Crippen LogP contribution in [0.1, 0.15) is 43.5 Å². The molecular weight excluding hydrogens is 292 g/mol. The van der Waals surface area contributed by atoms with Crippen molar-refractivity contribution in [2.75, 3.05) is 10.6 Å². The van der Waals surface area contributed by atoms with E-state index in [2.05, 4.69) is 22.7 Å². The Kier molecular flexibility index (Phi) is 5.91. The number of nitrogens with zero attached hydrogens (tertiary/aromatic N) is 2. The molecule has 0 spiro atoms. The zero-order valence-corrected chi connectivity index (χ0v) is 13.5. The lowest BCUT2D eigenvalue weighted by Crippen LogP contribution is -2.16. The summed E-state index contributed by atoms with van der Waals surface area (Å²) in [5, 5.41) is 9.82. The zero-order chi connectivity index (χ0) is 16.7. The lowest BCUT2D eigenvalue weighted by atomic mass is 10.2. The van der Waals surface area contributed by atoms with Crippen LogP contribution in [0.4, 0.5) is 11.5 Å². The second-order valence-corrected chi connectivity index (χ2v) is 5.23. The van der Waals surface area contributed by atoms with Gasteiger partial charge in [-0.3, -0.25) is 9.59 Å². The predicted octanol–water partition coefficient (Wildman–Crippen LogP) is 3.28. The molecule has 0 aliphatic rings. The fourth-order valence-corrected chi connectivity index (χ4v) is 2.10. The van der Waals surface area contributed by atoms with Crippen molar-refractivity contribution in [1.29, 1.82) is 0 Å². The van der Waals surface area contributed by atoms with Crippen molar-refractivity contribution in [3.8, 4) is 0 Å². The topological polar surface area (TPSA) is 76.0 Å². The molecule has 0 bridgehead atoms. The van der Waals surface area contributed by atoms with Gasteiger partial charge in [0.1, 0.15) is 5.82 Å². The molecule has 0 atom stereocenters. The Bertz CT molecular complexity index is 679. The van der Waals surface area contributed by atoms with E-state index < -0.39 is 0 Å². The quantitative estimate of drug-likeness (QED) is 0.823. The van der Waals surface area contributed by atoms with Crippen LogP contribution in [0.25, 0.3) is 0 Å². The SMILES string of the molecule is CCCCn1nccc1NC(=O)c1cccc(NC(=O)CC)c1. The summed E-state index contributed by atoms with van der Waals surface area (Å²) < 4.78 is 1.78. The first-order valence-corrected chi connectivity index (χ1v) is 7.87. The van der Waals surface area contributed by atoms with E-state index in [9.17, 15) is 9.59 Å². The van der Waals surface area contributed by atoms with E-state index in [0.29, 0.717) is 23.5 Å². The monoisotopic (exact) mass is 314 g/mol. The maximum atomic E-state index is 12.4. The van der Waals surface area contributed by atoms with Crippen LogP contribution in [0, 0.1) is 0 Å². The number of nitrogens with one attached hydrogen (secondary N) is 2. The standard InChI is InChI=1S/C17H22N4O2/c1-3-5-11-21-15(9-10-18-21)20-17(23)13-7-6-8-14(12-13)19-16(22)4-2/h6-10,12H,3-5,11H2,1-2H3,(H,19,22)(H,20,23). The number of carbonyl (C=O) groups excluding carboxylic acids is 2. The number of anilines is 2. The van der Waals surface area contributed by atoms with Crippen LogP contribution in [0.3, 0.4) is 0 Å². The summed E-state index contributed by atoms with van der Waals surface area (Å²) in [6, 6.07) is 8.65. The summed E-state index contributed by atoms with van der Waals surface area (Å²) in [6.07, 6.45) is 4.13. The van der Waals surface area contributed by atoms with Gasteiger partial charge in [0.2, 0.25) is 5.91 Å². The van der Waals surface area contributed by atoms with Gasteiger partial charge in [-0.25, -0.2) is 4.68 Å². The zero-order valence-electron chi connectivity index (χ0n) is 13.5. The summed E-state index contributed by atoms with van der Waals surface area (Å²) in [5.41, 5.74) is 1.10. The van der Waals surface area contributed by atoms with Gasteiger partial charge < -0.3 is 10.6 Å². The second kappa shape index (κ2) is 8.12. The largest absolute Gasteiger partial charge is 0.326 e. The van der Waals surface area contributed by atoms with Crippen LogP contribution >= 0.6 is 0 Å². The molecule has 0 aliphatic carbocycles. The van der Waals surface area contributed by atoms with E-state index in [1.807, 2.05) is 0 Å². The Morgan fingerprint density at radius 3 is 2.74 bits per heavy atom. The molecule has 0 radical (unpaired) electrons. The van der Waals surface area contributed by atoms with Crippen molar-refractivity contribution in [1.82, 2.24) is 9.78 Å². The van der Waals surface area contributed by atoms with Crippen LogP contribution in [0.2, 0.25) is 0 Å². The van der Waals surface area contributed by atoms with Gasteiger partial charge in [-0.15, -0.1) is 0 Å². The van der Waals surface area contributed by atoms with Crippen molar-refractivity contribution < 1.29 is 9.59 Å². The lowest BCUT2D eigenvalue weighted by molar-refractivity contribution is -0.115. The molecular formula is C17H22N4O2. The molecule has 2 N–H and O–H groups in total. The molecule has 0 saturated carbocycles. The molecule has 1 aromatic carbocycles. The van der Waals surface area contributed by atoms with Gasteiger partial charge in [0.25, 0.3) is 5.91 Å². The van der Waals surface area contributed by atoms with Crippen LogP contribution in [-0.4, -0.2) is 21.6 Å². The predicted molar refractivity (Wildman–Crippen MR) is 90.5 cm³/mol. The average Bonchev–Trinajstić information content (AvgIpc) is 3.00. The number of hydrogen-bond donors (Lipinski definition) is 2. The molecule has 122 valence electrons. The van der Waals surface area contributed by atoms with E-state index in [4.69, 9.17) is 0 Å². The van der Waals surface area contributed by atoms with Crippen molar-refractivity contribution in [3.63, 3.8) is 0 Å². The molecule has 1 aromatic heterocycles. The van der Waals surface area contributed by atoms with Gasteiger partial charge in [-0.1, -0.05) is 26.3 Å². The number of amides is 2. The van der Waals surface area contributed by atoms with E-state index in [-0.39, 0.29) is 11.8 Å². The number of unbranched alkanes of at least 4 members (excludes halogenated alkanes) is 1. The minimum absolute atomic E-state index is 0.0831. The summed E-state index contributed by atoms with van der Waals surface area (Å²) in [5.74, 6) is 0.363. The van der Waals surface area contributed by atoms with E-state index in [0.717, 1.165) is 19.4 Å². The van der Waals surface area contributed by atoms with Gasteiger partial charge in [-0.05, 0) is 24.6 Å². The van der Waals surface area contributed by atoms with Crippen molar-refractivity contribution in [3.05, 3.63) is 42.1 Å². The normalized spacial score (nSPS) is 10.3. The molecule has 0 fully saturated rings. The second-order valence-electron chi connectivity index (χ2n) is 5.23. The van der Waals surface area contributed by atoms with Gasteiger partial charge in [0.05, 0.1) is 6.20 Å². The minimum atomic E-state index is -0.226. The van der Waals surface area contributed by atoms with Crippen LogP contribution in [-0.2, 0) is 11.3 Å². The highest BCUT2D eigenvalue weighted by Crippen LogP contribution is 2.14. The highest BCUT2D eigenvalue weighted by Gasteiger charge is 2.10. The molecule has 0 aliphatic heterocycles. The number of benzene rings is 1. The molecule has 23 heavy (non-hydrogen) atoms. The van der Waals surface area contributed by atoms with Gasteiger partial charge >= 0.3 is 0 Å². The number of aromatic nitrogens is 2. The Morgan fingerprint density at radius 1 is 1.17 bits per heavy atom. The maximum Gasteiger partial charge on any atom is 0.256 e. The number of carbonyl (C=O) groups is 2. The van der Waals surface area contributed by atoms with Crippen LogP contribution < -0.4 is 10.6 Å². The first-order chi connectivity index (χ1) is 11.1. The molecule has 2 rings (SSSR count). The average molecular weight is 314 g/mol. The first kappa shape index (κ1) is 16.7. The summed E-state index contributed by atoms with van der Waals surface area (Å²) in [6.45, 7) is 4.66. The molecule has 6 heteroatoms. The Morgan fingerprint density at radius 2 is 2.00 bits per heavy atom. The van der Waals surface area contributed by atoms with Crippen molar-refractivity contribution in [2.24, 2.45) is 0 Å². The van der Waals surface area contributed by atoms with E-state index >= 15 is 0 Å². The van der Waals surface area contributed by atoms with E-state index in [1.165, 1.54) is 0 Å². The third-order valence-corrected chi connectivity index (χ3v) is 3.41. The van der Waals surface area contributed by atoms with Crippen molar-refractivity contribution >= 4 is 23.3 Å². The number of aryl methyl sites for hydroxylation is 1.